The van der Waals surface area contributed by atoms with Gasteiger partial charge in [0.2, 0.25) is 0 Å². The molecule has 1 saturated carbocycles. The molecule has 2 nitrogen and oxygen atoms in total. The summed E-state index contributed by atoms with van der Waals surface area (Å²) in [4.78, 5) is 2.69. The van der Waals surface area contributed by atoms with Crippen molar-refractivity contribution in [2.24, 2.45) is 5.92 Å². The van der Waals surface area contributed by atoms with Crippen LogP contribution in [0.1, 0.15) is 52.4 Å². The van der Waals surface area contributed by atoms with Crippen LogP contribution in [0.15, 0.2) is 0 Å². The average molecular weight is 224 g/mol. The molecule has 2 rings (SSSR count). The zero-order valence-electron chi connectivity index (χ0n) is 11.0. The van der Waals surface area contributed by atoms with Crippen molar-refractivity contribution in [1.82, 2.24) is 10.2 Å². The molecule has 2 heteroatoms. The molecule has 1 saturated heterocycles. The fraction of sp³-hybridized carbons (Fsp3) is 1.00. The molecule has 1 aliphatic carbocycles. The molecule has 0 aromatic rings. The van der Waals surface area contributed by atoms with Crippen LogP contribution >= 0.6 is 0 Å². The van der Waals surface area contributed by atoms with E-state index >= 15 is 0 Å². The third-order valence-electron chi connectivity index (χ3n) is 4.08. The Bertz CT molecular complexity index is 197. The summed E-state index contributed by atoms with van der Waals surface area (Å²) in [6.45, 7) is 8.49. The molecule has 0 spiro atoms. The van der Waals surface area contributed by atoms with Crippen LogP contribution in [0.3, 0.4) is 0 Å². The van der Waals surface area contributed by atoms with Gasteiger partial charge in [0.15, 0.2) is 0 Å². The molecule has 0 amide bonds. The maximum Gasteiger partial charge on any atom is 0.0209 e. The minimum Gasteiger partial charge on any atom is -0.310 e. The van der Waals surface area contributed by atoms with Crippen LogP contribution in [0.5, 0.6) is 0 Å². The Morgan fingerprint density at radius 2 is 1.88 bits per heavy atom. The van der Waals surface area contributed by atoms with E-state index in [-0.39, 0.29) is 0 Å². The molecule has 0 aromatic carbocycles. The molecule has 1 atom stereocenters. The standard InChI is InChI=1S/C14H28N2/c1-12(2)15-14-8-9-16(11-14)10-13-6-4-3-5-7-13/h12-15H,3-11H2,1-2H3. The van der Waals surface area contributed by atoms with Gasteiger partial charge in [-0.15, -0.1) is 0 Å². The second-order valence-electron chi connectivity index (χ2n) is 6.07. The van der Waals surface area contributed by atoms with Crippen LogP contribution in [0.4, 0.5) is 0 Å². The molecule has 0 aromatic heterocycles. The first-order chi connectivity index (χ1) is 7.74. The highest BCUT2D eigenvalue weighted by Crippen LogP contribution is 2.25. The Morgan fingerprint density at radius 3 is 2.56 bits per heavy atom. The summed E-state index contributed by atoms with van der Waals surface area (Å²) in [5, 5.41) is 3.67. The fourth-order valence-corrected chi connectivity index (χ4v) is 3.34. The van der Waals surface area contributed by atoms with Crippen molar-refractivity contribution in [3.8, 4) is 0 Å². The van der Waals surface area contributed by atoms with Crippen molar-refractivity contribution in [3.63, 3.8) is 0 Å². The molecule has 1 aliphatic heterocycles. The third-order valence-corrected chi connectivity index (χ3v) is 4.08. The molecule has 0 bridgehead atoms. The molecule has 1 N–H and O–H groups in total. The lowest BCUT2D eigenvalue weighted by atomic mass is 9.89. The average Bonchev–Trinajstić information content (AvgIpc) is 2.66. The van der Waals surface area contributed by atoms with E-state index in [1.165, 1.54) is 58.2 Å². The van der Waals surface area contributed by atoms with E-state index < -0.39 is 0 Å². The number of nitrogens with one attached hydrogen (secondary N) is 1. The lowest BCUT2D eigenvalue weighted by molar-refractivity contribution is 0.229. The van der Waals surface area contributed by atoms with Gasteiger partial charge in [-0.05, 0) is 31.7 Å². The highest BCUT2D eigenvalue weighted by atomic mass is 15.2. The largest absolute Gasteiger partial charge is 0.310 e. The van der Waals surface area contributed by atoms with Gasteiger partial charge in [0.25, 0.3) is 0 Å². The fourth-order valence-electron chi connectivity index (χ4n) is 3.34. The molecule has 1 heterocycles. The lowest BCUT2D eigenvalue weighted by Crippen LogP contribution is -2.38. The zero-order valence-corrected chi connectivity index (χ0v) is 11.0. The summed E-state index contributed by atoms with van der Waals surface area (Å²) in [5.74, 6) is 1.01. The smallest absolute Gasteiger partial charge is 0.0209 e. The predicted octanol–water partition coefficient (Wildman–Crippen LogP) is 2.64. The minimum atomic E-state index is 0.639. The third kappa shape index (κ3) is 3.74. The molecule has 94 valence electrons. The minimum absolute atomic E-state index is 0.639. The monoisotopic (exact) mass is 224 g/mol. The van der Waals surface area contributed by atoms with Crippen molar-refractivity contribution >= 4 is 0 Å². The Labute approximate surface area is 101 Å². The van der Waals surface area contributed by atoms with Crippen LogP contribution in [0.2, 0.25) is 0 Å². The first kappa shape index (κ1) is 12.4. The quantitative estimate of drug-likeness (QED) is 0.790. The number of hydrogen-bond acceptors (Lipinski definition) is 2. The van der Waals surface area contributed by atoms with Gasteiger partial charge in [-0.1, -0.05) is 33.1 Å². The van der Waals surface area contributed by atoms with Gasteiger partial charge < -0.3 is 10.2 Å². The summed E-state index contributed by atoms with van der Waals surface area (Å²) in [5.41, 5.74) is 0. The van der Waals surface area contributed by atoms with Crippen molar-refractivity contribution in [2.45, 2.75) is 64.5 Å². The van der Waals surface area contributed by atoms with Crippen molar-refractivity contribution in [2.75, 3.05) is 19.6 Å². The van der Waals surface area contributed by atoms with Crippen LogP contribution in [-0.2, 0) is 0 Å². The lowest BCUT2D eigenvalue weighted by Gasteiger charge is -2.27. The van der Waals surface area contributed by atoms with Gasteiger partial charge in [-0.2, -0.15) is 0 Å². The Balaban J connectivity index is 1.67. The molecular weight excluding hydrogens is 196 g/mol. The summed E-state index contributed by atoms with van der Waals surface area (Å²) >= 11 is 0. The van der Waals surface area contributed by atoms with Crippen molar-refractivity contribution in [3.05, 3.63) is 0 Å². The van der Waals surface area contributed by atoms with Gasteiger partial charge in [-0.25, -0.2) is 0 Å². The van der Waals surface area contributed by atoms with Gasteiger partial charge in [0, 0.05) is 25.2 Å². The molecule has 16 heavy (non-hydrogen) atoms. The maximum absolute atomic E-state index is 3.67. The van der Waals surface area contributed by atoms with E-state index in [1.54, 1.807) is 0 Å². The summed E-state index contributed by atoms with van der Waals surface area (Å²) in [6, 6.07) is 1.39. The van der Waals surface area contributed by atoms with E-state index in [2.05, 4.69) is 24.1 Å². The van der Waals surface area contributed by atoms with E-state index in [4.69, 9.17) is 0 Å². The molecule has 1 unspecified atom stereocenters. The summed E-state index contributed by atoms with van der Waals surface area (Å²) in [7, 11) is 0. The second-order valence-corrected chi connectivity index (χ2v) is 6.07. The first-order valence-corrected chi connectivity index (χ1v) is 7.22. The van der Waals surface area contributed by atoms with Crippen LogP contribution in [0, 0.1) is 5.92 Å². The molecule has 2 aliphatic rings. The van der Waals surface area contributed by atoms with Gasteiger partial charge in [-0.3, -0.25) is 0 Å². The second kappa shape index (κ2) is 6.02. The maximum atomic E-state index is 3.67. The highest BCUT2D eigenvalue weighted by molar-refractivity contribution is 4.83. The number of likely N-dealkylation sites (tertiary alicyclic amines) is 1. The SMILES string of the molecule is CC(C)NC1CCN(CC2CCCCC2)C1. The normalized spacial score (nSPS) is 29.1. The van der Waals surface area contributed by atoms with Gasteiger partial charge in [0.1, 0.15) is 0 Å². The summed E-state index contributed by atoms with van der Waals surface area (Å²) < 4.78 is 0. The Kier molecular flexibility index (Phi) is 4.66. The molecule has 0 radical (unpaired) electrons. The van der Waals surface area contributed by atoms with Crippen LogP contribution in [-0.4, -0.2) is 36.6 Å². The van der Waals surface area contributed by atoms with Crippen LogP contribution in [0.25, 0.3) is 0 Å². The van der Waals surface area contributed by atoms with Gasteiger partial charge in [0.05, 0.1) is 0 Å². The van der Waals surface area contributed by atoms with Crippen molar-refractivity contribution < 1.29 is 0 Å². The topological polar surface area (TPSA) is 15.3 Å². The van der Waals surface area contributed by atoms with Crippen molar-refractivity contribution in [1.29, 1.82) is 0 Å². The molecule has 2 fully saturated rings. The molecular formula is C14H28N2. The first-order valence-electron chi connectivity index (χ1n) is 7.22. The zero-order chi connectivity index (χ0) is 11.4. The van der Waals surface area contributed by atoms with E-state index in [1.807, 2.05) is 0 Å². The van der Waals surface area contributed by atoms with E-state index in [0.717, 1.165) is 12.0 Å². The Hall–Kier alpha value is -0.0800. The van der Waals surface area contributed by atoms with Crippen LogP contribution < -0.4 is 5.32 Å². The number of hydrogen-bond donors (Lipinski definition) is 1. The Morgan fingerprint density at radius 1 is 1.12 bits per heavy atom. The van der Waals surface area contributed by atoms with Gasteiger partial charge >= 0.3 is 0 Å². The van der Waals surface area contributed by atoms with E-state index in [9.17, 15) is 0 Å². The number of nitrogens with zero attached hydrogens (tertiary/aromatic N) is 1. The summed E-state index contributed by atoms with van der Waals surface area (Å²) in [6.07, 6.45) is 8.76. The predicted molar refractivity (Wildman–Crippen MR) is 69.7 cm³/mol. The van der Waals surface area contributed by atoms with E-state index in [0.29, 0.717) is 6.04 Å². The number of rotatable bonds is 4. The highest BCUT2D eigenvalue weighted by Gasteiger charge is 2.25.